The lowest BCUT2D eigenvalue weighted by Gasteiger charge is -2.14. The first-order valence-corrected chi connectivity index (χ1v) is 7.05. The molecule has 0 aliphatic carbocycles. The second-order valence-electron chi connectivity index (χ2n) is 4.37. The molecule has 3 rings (SSSR count). The van der Waals surface area contributed by atoms with Gasteiger partial charge >= 0.3 is 0 Å². The van der Waals surface area contributed by atoms with Crippen LogP contribution in [0.3, 0.4) is 0 Å². The Hall–Kier alpha value is -2.07. The van der Waals surface area contributed by atoms with Crippen LogP contribution in [0.4, 0.5) is 5.69 Å². The summed E-state index contributed by atoms with van der Waals surface area (Å²) in [5.74, 6) is 0.784. The first kappa shape index (κ1) is 12.0. The first-order valence-electron chi connectivity index (χ1n) is 6.10. The molecule has 1 N–H and O–H groups in total. The lowest BCUT2D eigenvalue weighted by atomic mass is 10.1. The van der Waals surface area contributed by atoms with E-state index in [-0.39, 0.29) is 6.04 Å². The molecular weight excluding hydrogens is 256 g/mol. The minimum absolute atomic E-state index is 0.288. The summed E-state index contributed by atoms with van der Waals surface area (Å²) in [5.41, 5.74) is 3.41. The van der Waals surface area contributed by atoms with Gasteiger partial charge in [0.05, 0.1) is 6.20 Å². The Kier molecular flexibility index (Phi) is 3.33. The van der Waals surface area contributed by atoms with Gasteiger partial charge in [-0.25, -0.2) is 4.98 Å². The number of thiophene rings is 1. The zero-order valence-corrected chi connectivity index (χ0v) is 11.4. The van der Waals surface area contributed by atoms with Crippen molar-refractivity contribution in [2.75, 3.05) is 5.32 Å². The van der Waals surface area contributed by atoms with Gasteiger partial charge in [-0.15, -0.1) is 0 Å². The Balaban J connectivity index is 1.80. The maximum Gasteiger partial charge on any atom is 0.181 e. The van der Waals surface area contributed by atoms with Crippen molar-refractivity contribution in [2.24, 2.45) is 0 Å². The van der Waals surface area contributed by atoms with E-state index in [0.717, 1.165) is 17.0 Å². The van der Waals surface area contributed by atoms with E-state index in [2.05, 4.69) is 46.2 Å². The summed E-state index contributed by atoms with van der Waals surface area (Å²) >= 11 is 1.72. The molecule has 0 fully saturated rings. The molecule has 19 heavy (non-hydrogen) atoms. The fraction of sp³-hybridized carbons (Fsp3) is 0.133. The summed E-state index contributed by atoms with van der Waals surface area (Å²) in [6.45, 7) is 2.16. The average molecular weight is 270 g/mol. The molecule has 0 aliphatic rings. The van der Waals surface area contributed by atoms with Gasteiger partial charge in [0.25, 0.3) is 0 Å². The summed E-state index contributed by atoms with van der Waals surface area (Å²) in [4.78, 5) is 3.94. The molecule has 96 valence electrons. The topological polar surface area (TPSA) is 38.1 Å². The van der Waals surface area contributed by atoms with Gasteiger partial charge in [0.2, 0.25) is 0 Å². The number of hydrogen-bond donors (Lipinski definition) is 1. The van der Waals surface area contributed by atoms with Crippen molar-refractivity contribution in [1.29, 1.82) is 0 Å². The Labute approximate surface area is 115 Å². The Morgan fingerprint density at radius 1 is 1.32 bits per heavy atom. The maximum absolute atomic E-state index is 5.31. The standard InChI is InChI=1S/C15H14N2OS/c1-11(13-5-6-19-9-13)17-14-4-2-3-12(7-14)15-8-16-10-18-15/h2-11,17H,1H3. The lowest BCUT2D eigenvalue weighted by Crippen LogP contribution is -2.05. The van der Waals surface area contributed by atoms with E-state index >= 15 is 0 Å². The third-order valence-electron chi connectivity index (χ3n) is 3.01. The van der Waals surface area contributed by atoms with Crippen LogP contribution in [0.2, 0.25) is 0 Å². The third-order valence-corrected chi connectivity index (χ3v) is 3.71. The van der Waals surface area contributed by atoms with Gasteiger partial charge in [0.1, 0.15) is 0 Å². The first-order chi connectivity index (χ1) is 9.33. The molecule has 1 atom stereocenters. The van der Waals surface area contributed by atoms with Gasteiger partial charge < -0.3 is 9.73 Å². The van der Waals surface area contributed by atoms with Gasteiger partial charge in [-0.2, -0.15) is 11.3 Å². The predicted molar refractivity (Wildman–Crippen MR) is 78.3 cm³/mol. The SMILES string of the molecule is CC(Nc1cccc(-c2cnco2)c1)c1ccsc1. The number of oxazole rings is 1. The van der Waals surface area contributed by atoms with Gasteiger partial charge in [-0.1, -0.05) is 12.1 Å². The molecule has 0 saturated heterocycles. The highest BCUT2D eigenvalue weighted by atomic mass is 32.1. The quantitative estimate of drug-likeness (QED) is 0.754. The van der Waals surface area contributed by atoms with Crippen molar-refractivity contribution >= 4 is 17.0 Å². The summed E-state index contributed by atoms with van der Waals surface area (Å²) in [5, 5.41) is 7.75. The third kappa shape index (κ3) is 2.69. The van der Waals surface area contributed by atoms with Crippen LogP contribution in [-0.2, 0) is 0 Å². The minimum Gasteiger partial charge on any atom is -0.444 e. The molecule has 0 bridgehead atoms. The molecule has 0 radical (unpaired) electrons. The summed E-state index contributed by atoms with van der Waals surface area (Å²) in [6.07, 6.45) is 3.17. The summed E-state index contributed by atoms with van der Waals surface area (Å²) < 4.78 is 5.31. The molecule has 4 heteroatoms. The molecule has 2 heterocycles. The van der Waals surface area contributed by atoms with E-state index in [0.29, 0.717) is 0 Å². The van der Waals surface area contributed by atoms with Crippen LogP contribution < -0.4 is 5.32 Å². The van der Waals surface area contributed by atoms with E-state index in [1.54, 1.807) is 17.5 Å². The van der Waals surface area contributed by atoms with E-state index in [1.807, 2.05) is 12.1 Å². The van der Waals surface area contributed by atoms with Crippen LogP contribution in [0.5, 0.6) is 0 Å². The van der Waals surface area contributed by atoms with Crippen molar-refractivity contribution in [2.45, 2.75) is 13.0 Å². The van der Waals surface area contributed by atoms with Gasteiger partial charge in [0, 0.05) is 17.3 Å². The van der Waals surface area contributed by atoms with Crippen LogP contribution in [-0.4, -0.2) is 4.98 Å². The number of hydrogen-bond acceptors (Lipinski definition) is 4. The highest BCUT2D eigenvalue weighted by molar-refractivity contribution is 7.07. The van der Waals surface area contributed by atoms with Crippen LogP contribution in [0.1, 0.15) is 18.5 Å². The van der Waals surface area contributed by atoms with Crippen molar-refractivity contribution in [3.8, 4) is 11.3 Å². The van der Waals surface area contributed by atoms with Crippen LogP contribution in [0.15, 0.2) is 58.1 Å². The van der Waals surface area contributed by atoms with Crippen LogP contribution >= 0.6 is 11.3 Å². The Morgan fingerprint density at radius 2 is 2.26 bits per heavy atom. The van der Waals surface area contributed by atoms with Crippen LogP contribution in [0, 0.1) is 0 Å². The van der Waals surface area contributed by atoms with Crippen molar-refractivity contribution in [1.82, 2.24) is 4.98 Å². The Bertz CT molecular complexity index is 632. The fourth-order valence-electron chi connectivity index (χ4n) is 1.98. The molecule has 0 amide bonds. The van der Waals surface area contributed by atoms with E-state index in [1.165, 1.54) is 12.0 Å². The zero-order chi connectivity index (χ0) is 13.1. The summed E-state index contributed by atoms with van der Waals surface area (Å²) in [6, 6.07) is 10.6. The molecule has 0 aliphatic heterocycles. The normalized spacial score (nSPS) is 12.3. The molecule has 1 aromatic carbocycles. The van der Waals surface area contributed by atoms with Crippen molar-refractivity contribution < 1.29 is 4.42 Å². The molecular formula is C15H14N2OS. The molecule has 0 saturated carbocycles. The van der Waals surface area contributed by atoms with E-state index in [4.69, 9.17) is 4.42 Å². The number of anilines is 1. The van der Waals surface area contributed by atoms with Gasteiger partial charge in [-0.3, -0.25) is 0 Å². The molecule has 0 spiro atoms. The average Bonchev–Trinajstić information content (AvgIpc) is 3.13. The highest BCUT2D eigenvalue weighted by Crippen LogP contribution is 2.25. The number of benzene rings is 1. The van der Waals surface area contributed by atoms with Crippen molar-refractivity contribution in [3.05, 3.63) is 59.2 Å². The maximum atomic E-state index is 5.31. The lowest BCUT2D eigenvalue weighted by molar-refractivity contribution is 0.572. The number of nitrogens with one attached hydrogen (secondary N) is 1. The summed E-state index contributed by atoms with van der Waals surface area (Å²) in [7, 11) is 0. The Morgan fingerprint density at radius 3 is 3.00 bits per heavy atom. The fourth-order valence-corrected chi connectivity index (χ4v) is 2.73. The monoisotopic (exact) mass is 270 g/mol. The minimum atomic E-state index is 0.288. The number of aromatic nitrogens is 1. The second-order valence-corrected chi connectivity index (χ2v) is 5.15. The molecule has 3 nitrogen and oxygen atoms in total. The zero-order valence-electron chi connectivity index (χ0n) is 10.5. The highest BCUT2D eigenvalue weighted by Gasteiger charge is 2.07. The number of nitrogens with zero attached hydrogens (tertiary/aromatic N) is 1. The van der Waals surface area contributed by atoms with Gasteiger partial charge in [-0.05, 0) is 41.4 Å². The van der Waals surface area contributed by atoms with E-state index in [9.17, 15) is 0 Å². The van der Waals surface area contributed by atoms with Gasteiger partial charge in [0.15, 0.2) is 12.2 Å². The number of rotatable bonds is 4. The largest absolute Gasteiger partial charge is 0.444 e. The predicted octanol–water partition coefficient (Wildman–Crippen LogP) is 4.58. The molecule has 3 aromatic rings. The molecule has 2 aromatic heterocycles. The van der Waals surface area contributed by atoms with E-state index < -0.39 is 0 Å². The van der Waals surface area contributed by atoms with Crippen molar-refractivity contribution in [3.63, 3.8) is 0 Å². The second kappa shape index (κ2) is 5.28. The molecule has 1 unspecified atom stereocenters. The smallest absolute Gasteiger partial charge is 0.181 e. The van der Waals surface area contributed by atoms with Crippen LogP contribution in [0.25, 0.3) is 11.3 Å².